The van der Waals surface area contributed by atoms with Crippen molar-refractivity contribution in [2.75, 3.05) is 36.9 Å². The first-order chi connectivity index (χ1) is 13.9. The average Bonchev–Trinajstić information content (AvgIpc) is 3.46. The van der Waals surface area contributed by atoms with Crippen molar-refractivity contribution in [2.24, 2.45) is 5.41 Å². The van der Waals surface area contributed by atoms with Crippen LogP contribution in [0.15, 0.2) is 21.7 Å². The molecular formula is C21H28N6O2. The fourth-order valence-electron chi connectivity index (χ4n) is 4.52. The number of fused-ring (bicyclic) bond motifs is 1. The molecule has 2 aliphatic rings. The van der Waals surface area contributed by atoms with Gasteiger partial charge in [-0.1, -0.05) is 6.92 Å². The van der Waals surface area contributed by atoms with E-state index in [0.717, 1.165) is 60.3 Å². The minimum absolute atomic E-state index is 0.119. The Kier molecular flexibility index (Phi) is 4.87. The lowest BCUT2D eigenvalue weighted by atomic mass is 9.90. The van der Waals surface area contributed by atoms with Crippen molar-refractivity contribution >= 4 is 16.6 Å². The molecular weight excluding hydrogens is 368 g/mol. The largest absolute Gasteiger partial charge is 0.371 e. The summed E-state index contributed by atoms with van der Waals surface area (Å²) in [4.78, 5) is 27.6. The van der Waals surface area contributed by atoms with Crippen LogP contribution >= 0.6 is 0 Å². The number of hydrogen-bond donors (Lipinski definition) is 2. The predicted octanol–water partition coefficient (Wildman–Crippen LogP) is 1.24. The molecule has 1 unspecified atom stereocenters. The van der Waals surface area contributed by atoms with Crippen LogP contribution in [0.5, 0.6) is 0 Å². The third-order valence-corrected chi connectivity index (χ3v) is 6.28. The molecule has 3 N–H and O–H groups in total. The fraction of sp³-hybridized carbons (Fsp3) is 0.571. The lowest BCUT2D eigenvalue weighted by Crippen LogP contribution is -2.44. The molecule has 29 heavy (non-hydrogen) atoms. The third-order valence-electron chi connectivity index (χ3n) is 6.28. The maximum atomic E-state index is 12.7. The topological polar surface area (TPSA) is 109 Å². The van der Waals surface area contributed by atoms with E-state index < -0.39 is 11.2 Å². The van der Waals surface area contributed by atoms with Gasteiger partial charge in [-0.15, -0.1) is 0 Å². The SMILES string of the molecule is Cc1c(N2CCC(C)(CNCCC#N)C2)ccc2c(=O)n(N)c(=O)n(C3CC3)c12. The standard InChI is InChI=1S/C21H28N6O2/c1-14-17(25-11-8-21(2,13-25)12-24-10-3-9-22)7-6-16-18(14)26(15-4-5-15)20(29)27(23)19(16)28/h6-7,15,24H,3-5,8,10-13,23H2,1-2H3. The summed E-state index contributed by atoms with van der Waals surface area (Å²) in [6.07, 6.45) is 3.44. The lowest BCUT2D eigenvalue weighted by molar-refractivity contribution is 0.346. The average molecular weight is 396 g/mol. The van der Waals surface area contributed by atoms with Gasteiger partial charge in [0.25, 0.3) is 5.56 Å². The molecule has 1 atom stereocenters. The number of aryl methyl sites for hydroxylation is 1. The van der Waals surface area contributed by atoms with Gasteiger partial charge in [-0.05, 0) is 49.3 Å². The Morgan fingerprint density at radius 2 is 2.10 bits per heavy atom. The number of benzene rings is 1. The quantitative estimate of drug-likeness (QED) is 0.562. The molecule has 1 saturated carbocycles. The van der Waals surface area contributed by atoms with Crippen molar-refractivity contribution in [3.05, 3.63) is 38.5 Å². The number of aromatic nitrogens is 2. The second kappa shape index (κ2) is 7.23. The minimum atomic E-state index is -0.440. The van der Waals surface area contributed by atoms with Gasteiger partial charge >= 0.3 is 5.69 Å². The first-order valence-electron chi connectivity index (χ1n) is 10.2. The molecule has 0 radical (unpaired) electrons. The predicted molar refractivity (Wildman–Crippen MR) is 114 cm³/mol. The molecule has 1 aromatic carbocycles. The van der Waals surface area contributed by atoms with Crippen molar-refractivity contribution in [3.8, 4) is 6.07 Å². The van der Waals surface area contributed by atoms with Crippen LogP contribution in [-0.4, -0.2) is 35.4 Å². The Hall–Kier alpha value is -2.79. The summed E-state index contributed by atoms with van der Waals surface area (Å²) in [6.45, 7) is 7.64. The smallest absolute Gasteiger partial charge is 0.350 e. The summed E-state index contributed by atoms with van der Waals surface area (Å²) in [5.74, 6) is 5.76. The first-order valence-corrected chi connectivity index (χ1v) is 10.2. The van der Waals surface area contributed by atoms with Gasteiger partial charge in [-0.25, -0.2) is 4.79 Å². The van der Waals surface area contributed by atoms with Gasteiger partial charge in [0, 0.05) is 44.3 Å². The van der Waals surface area contributed by atoms with Gasteiger partial charge in [0.15, 0.2) is 0 Å². The molecule has 0 bridgehead atoms. The van der Waals surface area contributed by atoms with Gasteiger partial charge in [0.1, 0.15) is 0 Å². The van der Waals surface area contributed by atoms with E-state index in [1.165, 1.54) is 0 Å². The summed E-state index contributed by atoms with van der Waals surface area (Å²) < 4.78 is 2.45. The maximum absolute atomic E-state index is 12.7. The Bertz CT molecular complexity index is 1110. The zero-order chi connectivity index (χ0) is 20.8. The van der Waals surface area contributed by atoms with Gasteiger partial charge in [0.2, 0.25) is 0 Å². The van der Waals surface area contributed by atoms with Crippen molar-refractivity contribution in [1.29, 1.82) is 5.26 Å². The maximum Gasteiger partial charge on any atom is 0.350 e. The highest BCUT2D eigenvalue weighted by molar-refractivity contribution is 5.87. The minimum Gasteiger partial charge on any atom is -0.371 e. The van der Waals surface area contributed by atoms with Crippen LogP contribution in [0.2, 0.25) is 0 Å². The molecule has 2 fully saturated rings. The van der Waals surface area contributed by atoms with Crippen LogP contribution in [0.3, 0.4) is 0 Å². The number of nitrogens with zero attached hydrogens (tertiary/aromatic N) is 4. The van der Waals surface area contributed by atoms with E-state index in [9.17, 15) is 9.59 Å². The number of hydrogen-bond acceptors (Lipinski definition) is 6. The Morgan fingerprint density at radius 3 is 2.79 bits per heavy atom. The van der Waals surface area contributed by atoms with Crippen LogP contribution in [0.4, 0.5) is 5.69 Å². The number of nitrogens with two attached hydrogens (primary N) is 1. The molecule has 1 aliphatic heterocycles. The Labute approximate surface area is 169 Å². The molecule has 8 nitrogen and oxygen atoms in total. The highest BCUT2D eigenvalue weighted by atomic mass is 16.2. The molecule has 1 aromatic heterocycles. The van der Waals surface area contributed by atoms with Crippen LogP contribution < -0.4 is 27.3 Å². The summed E-state index contributed by atoms with van der Waals surface area (Å²) in [7, 11) is 0. The zero-order valence-corrected chi connectivity index (χ0v) is 17.1. The van der Waals surface area contributed by atoms with E-state index >= 15 is 0 Å². The van der Waals surface area contributed by atoms with E-state index in [2.05, 4.69) is 23.2 Å². The fourth-order valence-corrected chi connectivity index (χ4v) is 4.52. The summed E-state index contributed by atoms with van der Waals surface area (Å²) in [6, 6.07) is 6.08. The molecule has 2 heterocycles. The van der Waals surface area contributed by atoms with E-state index in [1.807, 2.05) is 19.1 Å². The monoisotopic (exact) mass is 396 g/mol. The van der Waals surface area contributed by atoms with Gasteiger partial charge in [-0.3, -0.25) is 9.36 Å². The van der Waals surface area contributed by atoms with Crippen LogP contribution in [-0.2, 0) is 0 Å². The van der Waals surface area contributed by atoms with Gasteiger partial charge in [-0.2, -0.15) is 9.94 Å². The number of anilines is 1. The lowest BCUT2D eigenvalue weighted by Gasteiger charge is -2.27. The first kappa shape index (κ1) is 19.5. The second-order valence-electron chi connectivity index (χ2n) is 8.73. The molecule has 0 spiro atoms. The highest BCUT2D eigenvalue weighted by Gasteiger charge is 2.35. The molecule has 2 aromatic rings. The zero-order valence-electron chi connectivity index (χ0n) is 17.1. The second-order valence-corrected chi connectivity index (χ2v) is 8.73. The molecule has 0 amide bonds. The van der Waals surface area contributed by atoms with Crippen molar-refractivity contribution in [2.45, 2.75) is 45.6 Å². The van der Waals surface area contributed by atoms with Crippen molar-refractivity contribution in [1.82, 2.24) is 14.6 Å². The summed E-state index contributed by atoms with van der Waals surface area (Å²) in [5.41, 5.74) is 2.01. The van der Waals surface area contributed by atoms with Gasteiger partial charge in [0.05, 0.1) is 17.0 Å². The van der Waals surface area contributed by atoms with Crippen molar-refractivity contribution < 1.29 is 0 Å². The molecule has 1 aliphatic carbocycles. The number of nitriles is 1. The van der Waals surface area contributed by atoms with E-state index in [-0.39, 0.29) is 11.5 Å². The normalized spacial score (nSPS) is 21.6. The van der Waals surface area contributed by atoms with Crippen LogP contribution in [0.25, 0.3) is 10.9 Å². The number of nitrogen functional groups attached to an aromatic ring is 1. The third kappa shape index (κ3) is 3.40. The summed E-state index contributed by atoms with van der Waals surface area (Å²) >= 11 is 0. The Balaban J connectivity index is 1.70. The molecule has 8 heteroatoms. The van der Waals surface area contributed by atoms with E-state index in [1.54, 1.807) is 4.57 Å². The van der Waals surface area contributed by atoms with Crippen LogP contribution in [0, 0.1) is 23.7 Å². The van der Waals surface area contributed by atoms with Crippen LogP contribution in [0.1, 0.15) is 44.2 Å². The summed E-state index contributed by atoms with van der Waals surface area (Å²) in [5, 5.41) is 12.6. The van der Waals surface area contributed by atoms with E-state index in [4.69, 9.17) is 11.1 Å². The van der Waals surface area contributed by atoms with Gasteiger partial charge < -0.3 is 16.1 Å². The number of rotatable bonds is 6. The number of nitrogens with one attached hydrogen (secondary N) is 1. The molecule has 154 valence electrons. The van der Waals surface area contributed by atoms with E-state index in [0.29, 0.717) is 18.4 Å². The highest BCUT2D eigenvalue weighted by Crippen LogP contribution is 2.39. The molecule has 4 rings (SSSR count). The Morgan fingerprint density at radius 1 is 1.34 bits per heavy atom. The van der Waals surface area contributed by atoms with Crippen molar-refractivity contribution in [3.63, 3.8) is 0 Å². The molecule has 1 saturated heterocycles.